The van der Waals surface area contributed by atoms with Crippen LogP contribution in [0.2, 0.25) is 0 Å². The molecule has 0 aromatic heterocycles. The van der Waals surface area contributed by atoms with E-state index in [1.807, 2.05) is 6.21 Å². The van der Waals surface area contributed by atoms with Crippen molar-refractivity contribution in [2.75, 3.05) is 13.2 Å². The fourth-order valence-electron chi connectivity index (χ4n) is 8.16. The molecule has 0 unspecified atom stereocenters. The van der Waals surface area contributed by atoms with Crippen molar-refractivity contribution in [2.24, 2.45) is 51.3 Å². The highest BCUT2D eigenvalue weighted by Crippen LogP contribution is 2.67. The zero-order valence-corrected chi connectivity index (χ0v) is 18.1. The number of fused-ring (bicyclic) bond motifs is 5. The van der Waals surface area contributed by atoms with E-state index >= 15 is 0 Å². The van der Waals surface area contributed by atoms with E-state index in [1.165, 1.54) is 44.9 Å². The molecule has 0 aromatic carbocycles. The molecule has 0 radical (unpaired) electrons. The topological polar surface area (TPSA) is 67.8 Å². The molecule has 0 amide bonds. The maximum absolute atomic E-state index is 10.2. The molecular formula is C24H42N2O2. The van der Waals surface area contributed by atoms with Crippen molar-refractivity contribution in [1.82, 2.24) is 0 Å². The predicted molar refractivity (Wildman–Crippen MR) is 114 cm³/mol. The molecule has 0 aliphatic heterocycles. The smallest absolute Gasteiger partial charge is 0.118 e. The Morgan fingerprint density at radius 3 is 2.64 bits per heavy atom. The quantitative estimate of drug-likeness (QED) is 0.391. The van der Waals surface area contributed by atoms with Gasteiger partial charge in [-0.15, -0.1) is 0 Å². The second kappa shape index (κ2) is 8.26. The van der Waals surface area contributed by atoms with E-state index in [2.05, 4.69) is 19.0 Å². The average molecular weight is 391 g/mol. The monoisotopic (exact) mass is 390 g/mol. The minimum Gasteiger partial charge on any atom is -0.396 e. The van der Waals surface area contributed by atoms with Gasteiger partial charge in [0.1, 0.15) is 6.61 Å². The molecule has 4 nitrogen and oxygen atoms in total. The van der Waals surface area contributed by atoms with Crippen LogP contribution in [0.25, 0.3) is 0 Å². The molecular weight excluding hydrogens is 348 g/mol. The summed E-state index contributed by atoms with van der Waals surface area (Å²) in [4.78, 5) is 5.34. The molecule has 4 heteroatoms. The van der Waals surface area contributed by atoms with E-state index in [4.69, 9.17) is 10.6 Å². The molecule has 28 heavy (non-hydrogen) atoms. The van der Waals surface area contributed by atoms with Gasteiger partial charge in [0, 0.05) is 6.21 Å². The molecule has 4 aliphatic carbocycles. The van der Waals surface area contributed by atoms with Gasteiger partial charge in [-0.1, -0.05) is 19.0 Å². The zero-order valence-electron chi connectivity index (χ0n) is 18.1. The van der Waals surface area contributed by atoms with Gasteiger partial charge >= 0.3 is 0 Å². The largest absolute Gasteiger partial charge is 0.396 e. The summed E-state index contributed by atoms with van der Waals surface area (Å²) in [5.74, 6) is 4.23. The first-order valence-electron chi connectivity index (χ1n) is 12.0. The Balaban J connectivity index is 1.41. The van der Waals surface area contributed by atoms with Gasteiger partial charge in [-0.25, -0.2) is 0 Å². The van der Waals surface area contributed by atoms with Crippen molar-refractivity contribution in [3.63, 3.8) is 0 Å². The highest BCUT2D eigenvalue weighted by Gasteiger charge is 2.59. The van der Waals surface area contributed by atoms with Gasteiger partial charge in [-0.3, -0.25) is 0 Å². The first-order valence-corrected chi connectivity index (χ1v) is 12.0. The van der Waals surface area contributed by atoms with Gasteiger partial charge in [-0.2, -0.15) is 0 Å². The summed E-state index contributed by atoms with van der Waals surface area (Å²) in [6.45, 7) is 6.48. The molecule has 3 N–H and O–H groups in total. The van der Waals surface area contributed by atoms with Crippen LogP contribution in [0.15, 0.2) is 5.16 Å². The van der Waals surface area contributed by atoms with Gasteiger partial charge in [0.25, 0.3) is 0 Å². The predicted octanol–water partition coefficient (Wildman–Crippen LogP) is 4.75. The zero-order chi connectivity index (χ0) is 19.8. The second-order valence-corrected chi connectivity index (χ2v) is 10.9. The Hall–Kier alpha value is -0.610. The number of oxime groups is 1. The lowest BCUT2D eigenvalue weighted by Gasteiger charge is -2.61. The Bertz CT molecular complexity index is 567. The number of nitrogens with two attached hydrogens (primary N) is 1. The Morgan fingerprint density at radius 2 is 1.82 bits per heavy atom. The summed E-state index contributed by atoms with van der Waals surface area (Å²) >= 11 is 0. The summed E-state index contributed by atoms with van der Waals surface area (Å²) in [5, 5.41) is 14.4. The average Bonchev–Trinajstić information content (AvgIpc) is 3.01. The molecule has 160 valence electrons. The summed E-state index contributed by atoms with van der Waals surface area (Å²) in [5.41, 5.74) is 6.47. The molecule has 0 spiro atoms. The third-order valence-corrected chi connectivity index (χ3v) is 9.81. The number of rotatable bonds is 6. The van der Waals surface area contributed by atoms with Crippen molar-refractivity contribution in [3.05, 3.63) is 0 Å². The first kappa shape index (κ1) is 20.7. The standard InChI is InChI=1S/C24H42N2O2/c1-23-12-9-22-20(6-4-18-16-19(27)8-11-24(18,22)2)21(23)7-5-17(23)10-14-26-28-15-3-13-25/h14,17-22,27H,3-13,15-16,25H2,1-2H3/b26-14+/t17-,18-,19+,20+,21+,22+,23-,24+/m1/s1. The Kier molecular flexibility index (Phi) is 6.09. The first-order chi connectivity index (χ1) is 13.5. The van der Waals surface area contributed by atoms with Crippen molar-refractivity contribution >= 4 is 6.21 Å². The second-order valence-electron chi connectivity index (χ2n) is 10.9. The van der Waals surface area contributed by atoms with Crippen LogP contribution in [0.3, 0.4) is 0 Å². The van der Waals surface area contributed by atoms with Gasteiger partial charge in [-0.05, 0) is 118 Å². The maximum atomic E-state index is 10.2. The number of hydrogen-bond acceptors (Lipinski definition) is 4. The van der Waals surface area contributed by atoms with Crippen LogP contribution in [0.5, 0.6) is 0 Å². The van der Waals surface area contributed by atoms with Crippen molar-refractivity contribution in [3.8, 4) is 0 Å². The van der Waals surface area contributed by atoms with Gasteiger partial charge in [0.15, 0.2) is 0 Å². The van der Waals surface area contributed by atoms with Crippen LogP contribution >= 0.6 is 0 Å². The Labute approximate surface area is 171 Å². The third-order valence-electron chi connectivity index (χ3n) is 9.81. The van der Waals surface area contributed by atoms with E-state index in [9.17, 15) is 5.11 Å². The molecule has 0 aromatic rings. The van der Waals surface area contributed by atoms with E-state index in [-0.39, 0.29) is 6.10 Å². The highest BCUT2D eigenvalue weighted by molar-refractivity contribution is 5.57. The van der Waals surface area contributed by atoms with E-state index in [1.54, 1.807) is 0 Å². The fraction of sp³-hybridized carbons (Fsp3) is 0.958. The van der Waals surface area contributed by atoms with E-state index in [0.717, 1.165) is 55.3 Å². The molecule has 4 saturated carbocycles. The normalized spacial score (nSPS) is 48.1. The van der Waals surface area contributed by atoms with E-state index in [0.29, 0.717) is 24.0 Å². The number of aliphatic hydroxyl groups is 1. The van der Waals surface area contributed by atoms with Crippen LogP contribution in [-0.4, -0.2) is 30.6 Å². The highest BCUT2D eigenvalue weighted by atomic mass is 16.6. The van der Waals surface area contributed by atoms with Crippen molar-refractivity contribution < 1.29 is 9.94 Å². The van der Waals surface area contributed by atoms with Crippen LogP contribution in [0.1, 0.15) is 84.5 Å². The lowest BCUT2D eigenvalue weighted by atomic mass is 9.44. The van der Waals surface area contributed by atoms with Crippen LogP contribution < -0.4 is 5.73 Å². The minimum absolute atomic E-state index is 0.0364. The Morgan fingerprint density at radius 1 is 1.04 bits per heavy atom. The van der Waals surface area contributed by atoms with Crippen molar-refractivity contribution in [2.45, 2.75) is 90.6 Å². The lowest BCUT2D eigenvalue weighted by molar-refractivity contribution is -0.126. The third kappa shape index (κ3) is 3.53. The molecule has 0 bridgehead atoms. The summed E-state index contributed by atoms with van der Waals surface area (Å²) in [6.07, 6.45) is 15.6. The number of nitrogens with zero attached hydrogens (tertiary/aromatic N) is 1. The van der Waals surface area contributed by atoms with Crippen LogP contribution in [0.4, 0.5) is 0 Å². The fourth-order valence-corrected chi connectivity index (χ4v) is 8.16. The van der Waals surface area contributed by atoms with Crippen LogP contribution in [-0.2, 0) is 4.84 Å². The maximum Gasteiger partial charge on any atom is 0.118 e. The van der Waals surface area contributed by atoms with Crippen LogP contribution in [0, 0.1) is 40.4 Å². The molecule has 4 aliphatic rings. The number of hydrogen-bond donors (Lipinski definition) is 2. The SMILES string of the molecule is C[C@]12CC[C@H](O)C[C@H]1CC[C@@H]1[C@@H]2CC[C@]2(C)[C@@H](C/C=N/OCCCN)CC[C@@H]12. The van der Waals surface area contributed by atoms with Gasteiger partial charge in [0.05, 0.1) is 6.10 Å². The molecule has 0 heterocycles. The molecule has 4 fully saturated rings. The summed E-state index contributed by atoms with van der Waals surface area (Å²) in [7, 11) is 0. The molecule has 0 saturated heterocycles. The van der Waals surface area contributed by atoms with Crippen molar-refractivity contribution in [1.29, 1.82) is 0 Å². The molecule has 8 atom stereocenters. The molecule has 4 rings (SSSR count). The minimum atomic E-state index is -0.0364. The lowest BCUT2D eigenvalue weighted by Crippen LogP contribution is -2.53. The summed E-state index contributed by atoms with van der Waals surface area (Å²) < 4.78 is 0. The van der Waals surface area contributed by atoms with Gasteiger partial charge < -0.3 is 15.7 Å². The number of aliphatic hydroxyl groups excluding tert-OH is 1. The van der Waals surface area contributed by atoms with Gasteiger partial charge in [0.2, 0.25) is 0 Å². The van der Waals surface area contributed by atoms with E-state index < -0.39 is 0 Å². The summed E-state index contributed by atoms with van der Waals surface area (Å²) in [6, 6.07) is 0.